The average molecular weight is 171 g/mol. The Kier molecular flexibility index (Phi) is 1.93. The largest absolute Gasteiger partial charge is 0.399 e. The highest BCUT2D eigenvalue weighted by atomic mass is 14.5. The fourth-order valence-electron chi connectivity index (χ4n) is 1.66. The van der Waals surface area contributed by atoms with Gasteiger partial charge in [0, 0.05) is 5.69 Å². The van der Waals surface area contributed by atoms with Crippen LogP contribution in [0.3, 0.4) is 0 Å². The molecule has 2 aromatic rings. The van der Waals surface area contributed by atoms with Gasteiger partial charge in [-0.1, -0.05) is 31.2 Å². The van der Waals surface area contributed by atoms with E-state index in [0.29, 0.717) is 0 Å². The molecule has 0 aliphatic carbocycles. The van der Waals surface area contributed by atoms with Gasteiger partial charge >= 0.3 is 0 Å². The molecular weight excluding hydrogens is 158 g/mol. The van der Waals surface area contributed by atoms with Crippen LogP contribution >= 0.6 is 0 Å². The van der Waals surface area contributed by atoms with E-state index in [0.717, 1.165) is 12.1 Å². The molecule has 2 aromatic carbocycles. The van der Waals surface area contributed by atoms with Crippen LogP contribution in [-0.4, -0.2) is 0 Å². The van der Waals surface area contributed by atoms with Gasteiger partial charge < -0.3 is 5.73 Å². The van der Waals surface area contributed by atoms with E-state index in [2.05, 4.69) is 31.2 Å². The van der Waals surface area contributed by atoms with Crippen molar-refractivity contribution in [2.45, 2.75) is 13.3 Å². The molecule has 0 bridgehead atoms. The lowest BCUT2D eigenvalue weighted by molar-refractivity contribution is 1.16. The smallest absolute Gasteiger partial charge is 0.0320 e. The van der Waals surface area contributed by atoms with Crippen LogP contribution in [0.5, 0.6) is 0 Å². The van der Waals surface area contributed by atoms with Crippen molar-refractivity contribution in [1.82, 2.24) is 0 Å². The molecule has 1 nitrogen and oxygen atoms in total. The molecule has 1 heteroatoms. The summed E-state index contributed by atoms with van der Waals surface area (Å²) in [6.45, 7) is 2.16. The topological polar surface area (TPSA) is 26.0 Å². The Morgan fingerprint density at radius 2 is 2.00 bits per heavy atom. The van der Waals surface area contributed by atoms with Gasteiger partial charge in [0.15, 0.2) is 0 Å². The number of nitrogen functional groups attached to an aromatic ring is 1. The highest BCUT2D eigenvalue weighted by molar-refractivity contribution is 5.88. The Morgan fingerprint density at radius 3 is 2.77 bits per heavy atom. The first-order valence-corrected chi connectivity index (χ1v) is 4.58. The third-order valence-corrected chi connectivity index (χ3v) is 2.38. The van der Waals surface area contributed by atoms with E-state index < -0.39 is 0 Å². The summed E-state index contributed by atoms with van der Waals surface area (Å²) >= 11 is 0. The number of fused-ring (bicyclic) bond motifs is 1. The molecule has 0 heterocycles. The highest BCUT2D eigenvalue weighted by Gasteiger charge is 1.98. The molecule has 13 heavy (non-hydrogen) atoms. The minimum Gasteiger partial charge on any atom is -0.399 e. The van der Waals surface area contributed by atoms with Gasteiger partial charge in [-0.25, -0.2) is 0 Å². The van der Waals surface area contributed by atoms with Crippen LogP contribution in [0.2, 0.25) is 0 Å². The van der Waals surface area contributed by atoms with Gasteiger partial charge in [-0.2, -0.15) is 0 Å². The summed E-state index contributed by atoms with van der Waals surface area (Å²) in [5.74, 6) is 0. The zero-order valence-electron chi connectivity index (χ0n) is 7.75. The number of benzene rings is 2. The second-order valence-corrected chi connectivity index (χ2v) is 3.25. The van der Waals surface area contributed by atoms with Gasteiger partial charge in [-0.15, -0.1) is 0 Å². The molecule has 0 aliphatic heterocycles. The zero-order valence-corrected chi connectivity index (χ0v) is 7.75. The number of anilines is 1. The number of aryl methyl sites for hydroxylation is 1. The summed E-state index contributed by atoms with van der Waals surface area (Å²) in [7, 11) is 0. The zero-order chi connectivity index (χ0) is 9.26. The van der Waals surface area contributed by atoms with Gasteiger partial charge in [0.05, 0.1) is 0 Å². The van der Waals surface area contributed by atoms with Gasteiger partial charge in [-0.3, -0.25) is 0 Å². The summed E-state index contributed by atoms with van der Waals surface area (Å²) in [5.41, 5.74) is 7.95. The van der Waals surface area contributed by atoms with Crippen molar-refractivity contribution in [1.29, 1.82) is 0 Å². The fraction of sp³-hybridized carbons (Fsp3) is 0.167. The van der Waals surface area contributed by atoms with Crippen molar-refractivity contribution in [3.63, 3.8) is 0 Å². The third-order valence-electron chi connectivity index (χ3n) is 2.38. The Labute approximate surface area is 78.2 Å². The molecule has 2 rings (SSSR count). The molecule has 0 radical (unpaired) electrons. The molecule has 0 aliphatic rings. The third kappa shape index (κ3) is 1.37. The van der Waals surface area contributed by atoms with Crippen LogP contribution in [0.4, 0.5) is 5.69 Å². The lowest BCUT2D eigenvalue weighted by Crippen LogP contribution is -1.87. The quantitative estimate of drug-likeness (QED) is 0.656. The molecule has 0 aromatic heterocycles. The SMILES string of the molecule is CCc1cccc2ccc(N)cc12. The van der Waals surface area contributed by atoms with Crippen LogP contribution in [0.15, 0.2) is 36.4 Å². The van der Waals surface area contributed by atoms with Gasteiger partial charge in [0.25, 0.3) is 0 Å². The summed E-state index contributed by atoms with van der Waals surface area (Å²) in [6, 6.07) is 12.4. The van der Waals surface area contributed by atoms with E-state index in [1.54, 1.807) is 0 Å². The minimum atomic E-state index is 0.841. The maximum Gasteiger partial charge on any atom is 0.0320 e. The Hall–Kier alpha value is -1.50. The van der Waals surface area contributed by atoms with Crippen molar-refractivity contribution in [3.05, 3.63) is 42.0 Å². The number of nitrogens with two attached hydrogens (primary N) is 1. The molecule has 0 spiro atoms. The van der Waals surface area contributed by atoms with Crippen molar-refractivity contribution in [2.75, 3.05) is 5.73 Å². The average Bonchev–Trinajstić information content (AvgIpc) is 2.17. The molecule has 0 saturated carbocycles. The Morgan fingerprint density at radius 1 is 1.15 bits per heavy atom. The monoisotopic (exact) mass is 171 g/mol. The van der Waals surface area contributed by atoms with Crippen molar-refractivity contribution >= 4 is 16.5 Å². The predicted octanol–water partition coefficient (Wildman–Crippen LogP) is 2.98. The van der Waals surface area contributed by atoms with Gasteiger partial charge in [0.2, 0.25) is 0 Å². The van der Waals surface area contributed by atoms with Crippen LogP contribution in [0, 0.1) is 0 Å². The standard InChI is InChI=1S/C12H13N/c1-2-9-4-3-5-10-6-7-11(13)8-12(9)10/h3-8H,2,13H2,1H3. The molecule has 2 N–H and O–H groups in total. The lowest BCUT2D eigenvalue weighted by atomic mass is 10.0. The fourth-order valence-corrected chi connectivity index (χ4v) is 1.66. The van der Waals surface area contributed by atoms with E-state index in [9.17, 15) is 0 Å². The maximum atomic E-state index is 5.75. The summed E-state index contributed by atoms with van der Waals surface area (Å²) in [5, 5.41) is 2.55. The number of hydrogen-bond donors (Lipinski definition) is 1. The second-order valence-electron chi connectivity index (χ2n) is 3.25. The molecule has 0 saturated heterocycles. The summed E-state index contributed by atoms with van der Waals surface area (Å²) in [6.07, 6.45) is 1.06. The maximum absolute atomic E-state index is 5.75. The highest BCUT2D eigenvalue weighted by Crippen LogP contribution is 2.21. The first kappa shape index (κ1) is 8.11. The van der Waals surface area contributed by atoms with Crippen molar-refractivity contribution < 1.29 is 0 Å². The van der Waals surface area contributed by atoms with Crippen LogP contribution in [0.1, 0.15) is 12.5 Å². The molecular formula is C12H13N. The summed E-state index contributed by atoms with van der Waals surface area (Å²) in [4.78, 5) is 0. The Balaban J connectivity index is 2.79. The van der Waals surface area contributed by atoms with E-state index in [-0.39, 0.29) is 0 Å². The predicted molar refractivity (Wildman–Crippen MR) is 57.7 cm³/mol. The molecule has 0 amide bonds. The minimum absolute atomic E-state index is 0.841. The van der Waals surface area contributed by atoms with Crippen LogP contribution in [-0.2, 0) is 6.42 Å². The Bertz CT molecular complexity index is 432. The molecule has 0 fully saturated rings. The first-order valence-electron chi connectivity index (χ1n) is 4.58. The first-order chi connectivity index (χ1) is 6.31. The van der Waals surface area contributed by atoms with E-state index in [1.165, 1.54) is 16.3 Å². The van der Waals surface area contributed by atoms with Crippen molar-refractivity contribution in [3.8, 4) is 0 Å². The van der Waals surface area contributed by atoms with Crippen LogP contribution < -0.4 is 5.73 Å². The number of rotatable bonds is 1. The molecule has 66 valence electrons. The number of hydrogen-bond acceptors (Lipinski definition) is 1. The van der Waals surface area contributed by atoms with Crippen molar-refractivity contribution in [2.24, 2.45) is 0 Å². The normalized spacial score (nSPS) is 10.5. The van der Waals surface area contributed by atoms with Crippen LogP contribution in [0.25, 0.3) is 10.8 Å². The molecule has 0 atom stereocenters. The van der Waals surface area contributed by atoms with E-state index in [4.69, 9.17) is 5.73 Å². The van der Waals surface area contributed by atoms with E-state index >= 15 is 0 Å². The second kappa shape index (κ2) is 3.09. The van der Waals surface area contributed by atoms with Gasteiger partial charge in [0.1, 0.15) is 0 Å². The van der Waals surface area contributed by atoms with Gasteiger partial charge in [-0.05, 0) is 34.9 Å². The molecule has 0 unspecified atom stereocenters. The van der Waals surface area contributed by atoms with E-state index in [1.807, 2.05) is 12.1 Å². The summed E-state index contributed by atoms with van der Waals surface area (Å²) < 4.78 is 0. The lowest BCUT2D eigenvalue weighted by Gasteiger charge is -2.04.